The molecule has 0 spiro atoms. The lowest BCUT2D eigenvalue weighted by atomic mass is 10.1. The number of rotatable bonds is 6. The first-order valence-corrected chi connectivity index (χ1v) is 8.57. The standard InChI is InChI=1S/C17H21FN2O2S/c1-12(20-11-17(2,3)23(21)22)14-6-9-16(19-10-14)13-4-7-15(18)8-5-13/h4-10,12,20,23H,11H2,1-3H3/t12-/m0/s1. The molecule has 1 aromatic heterocycles. The van der Waals surface area contributed by atoms with E-state index in [0.717, 1.165) is 16.8 Å². The van der Waals surface area contributed by atoms with E-state index >= 15 is 0 Å². The topological polar surface area (TPSA) is 59.1 Å². The molecule has 0 aliphatic rings. The summed E-state index contributed by atoms with van der Waals surface area (Å²) in [6.07, 6.45) is 1.75. The van der Waals surface area contributed by atoms with Gasteiger partial charge >= 0.3 is 0 Å². The Morgan fingerprint density at radius 1 is 1.17 bits per heavy atom. The summed E-state index contributed by atoms with van der Waals surface area (Å²) in [6, 6.07) is 9.98. The van der Waals surface area contributed by atoms with Gasteiger partial charge in [-0.15, -0.1) is 0 Å². The van der Waals surface area contributed by atoms with Crippen molar-refractivity contribution in [3.05, 3.63) is 54.0 Å². The molecule has 1 atom stereocenters. The van der Waals surface area contributed by atoms with Gasteiger partial charge in [0.2, 0.25) is 0 Å². The first-order valence-electron chi connectivity index (χ1n) is 7.39. The van der Waals surface area contributed by atoms with Gasteiger partial charge in [-0.1, -0.05) is 6.07 Å². The van der Waals surface area contributed by atoms with E-state index in [1.54, 1.807) is 32.2 Å². The van der Waals surface area contributed by atoms with Gasteiger partial charge < -0.3 is 5.32 Å². The maximum Gasteiger partial charge on any atom is 0.146 e. The van der Waals surface area contributed by atoms with Gasteiger partial charge in [0.25, 0.3) is 0 Å². The van der Waals surface area contributed by atoms with Crippen LogP contribution in [-0.4, -0.2) is 24.7 Å². The molecule has 0 saturated carbocycles. The SMILES string of the molecule is C[C@H](NCC(C)(C)[SH](=O)=O)c1ccc(-c2ccc(F)cc2)nc1. The van der Waals surface area contributed by atoms with Crippen LogP contribution in [0.2, 0.25) is 0 Å². The van der Waals surface area contributed by atoms with Crippen LogP contribution in [0.3, 0.4) is 0 Å². The fourth-order valence-corrected chi connectivity index (χ4v) is 2.26. The van der Waals surface area contributed by atoms with Crippen molar-refractivity contribution >= 4 is 10.7 Å². The molecule has 2 rings (SSSR count). The van der Waals surface area contributed by atoms with Crippen molar-refractivity contribution in [1.29, 1.82) is 0 Å². The molecular weight excluding hydrogens is 315 g/mol. The van der Waals surface area contributed by atoms with Crippen molar-refractivity contribution in [2.24, 2.45) is 0 Å². The predicted molar refractivity (Wildman–Crippen MR) is 90.4 cm³/mol. The Morgan fingerprint density at radius 2 is 1.83 bits per heavy atom. The predicted octanol–water partition coefficient (Wildman–Crippen LogP) is 2.93. The summed E-state index contributed by atoms with van der Waals surface area (Å²) >= 11 is 0. The zero-order chi connectivity index (χ0) is 17.0. The zero-order valence-electron chi connectivity index (χ0n) is 13.4. The Balaban J connectivity index is 2.05. The van der Waals surface area contributed by atoms with Crippen molar-refractivity contribution in [2.75, 3.05) is 6.54 Å². The van der Waals surface area contributed by atoms with Gasteiger partial charge in [-0.3, -0.25) is 4.98 Å². The molecule has 0 unspecified atom stereocenters. The van der Waals surface area contributed by atoms with Crippen LogP contribution in [0.4, 0.5) is 4.39 Å². The first-order chi connectivity index (χ1) is 10.8. The van der Waals surface area contributed by atoms with Gasteiger partial charge in [-0.25, -0.2) is 12.8 Å². The molecule has 0 aliphatic carbocycles. The third-order valence-corrected chi connectivity index (χ3v) is 4.91. The number of hydrogen-bond donors (Lipinski definition) is 2. The van der Waals surface area contributed by atoms with E-state index in [2.05, 4.69) is 10.3 Å². The Morgan fingerprint density at radius 3 is 2.35 bits per heavy atom. The number of pyridine rings is 1. The average Bonchev–Trinajstić information content (AvgIpc) is 2.53. The van der Waals surface area contributed by atoms with Crippen LogP contribution in [0, 0.1) is 5.82 Å². The molecule has 0 bridgehead atoms. The largest absolute Gasteiger partial charge is 0.309 e. The quantitative estimate of drug-likeness (QED) is 0.797. The Labute approximate surface area is 137 Å². The fraction of sp³-hybridized carbons (Fsp3) is 0.353. The lowest BCUT2D eigenvalue weighted by Gasteiger charge is -2.21. The summed E-state index contributed by atoms with van der Waals surface area (Å²) in [5.74, 6) is -0.275. The smallest absolute Gasteiger partial charge is 0.146 e. The monoisotopic (exact) mass is 336 g/mol. The molecule has 23 heavy (non-hydrogen) atoms. The molecule has 6 heteroatoms. The summed E-state index contributed by atoms with van der Waals surface area (Å²) < 4.78 is 34.5. The summed E-state index contributed by atoms with van der Waals surface area (Å²) in [6.45, 7) is 5.71. The molecule has 0 aliphatic heterocycles. The second-order valence-corrected chi connectivity index (χ2v) is 7.88. The van der Waals surface area contributed by atoms with Gasteiger partial charge in [-0.2, -0.15) is 0 Å². The van der Waals surface area contributed by atoms with Crippen LogP contribution in [0.15, 0.2) is 42.6 Å². The van der Waals surface area contributed by atoms with Crippen LogP contribution in [0.25, 0.3) is 11.3 Å². The highest BCUT2D eigenvalue weighted by Gasteiger charge is 2.22. The van der Waals surface area contributed by atoms with E-state index in [-0.39, 0.29) is 11.9 Å². The number of nitrogens with one attached hydrogen (secondary N) is 1. The summed E-state index contributed by atoms with van der Waals surface area (Å²) in [4.78, 5) is 4.40. The Bertz CT molecular complexity index is 717. The molecule has 0 radical (unpaired) electrons. The minimum absolute atomic E-state index is 0.0148. The molecule has 4 nitrogen and oxygen atoms in total. The lowest BCUT2D eigenvalue weighted by molar-refractivity contribution is 0.495. The third-order valence-electron chi connectivity index (χ3n) is 3.76. The molecule has 1 aromatic carbocycles. The Hall–Kier alpha value is -1.79. The number of hydrogen-bond acceptors (Lipinski definition) is 4. The van der Waals surface area contributed by atoms with Crippen molar-refractivity contribution < 1.29 is 12.8 Å². The second kappa shape index (κ2) is 7.19. The number of thiol groups is 1. The zero-order valence-corrected chi connectivity index (χ0v) is 14.3. The normalized spacial score (nSPS) is 13.3. The minimum atomic E-state index is -2.49. The van der Waals surface area contributed by atoms with Crippen LogP contribution in [0.5, 0.6) is 0 Å². The second-order valence-electron chi connectivity index (χ2n) is 6.16. The molecule has 2 aromatic rings. The van der Waals surface area contributed by atoms with Crippen molar-refractivity contribution in [2.45, 2.75) is 31.6 Å². The highest BCUT2D eigenvalue weighted by atomic mass is 32.2. The van der Waals surface area contributed by atoms with E-state index in [4.69, 9.17) is 0 Å². The van der Waals surface area contributed by atoms with Crippen LogP contribution >= 0.6 is 0 Å². The van der Waals surface area contributed by atoms with Gasteiger partial charge in [0.15, 0.2) is 0 Å². The molecule has 124 valence electrons. The third kappa shape index (κ3) is 4.59. The number of nitrogens with zero attached hydrogens (tertiary/aromatic N) is 1. The van der Waals surface area contributed by atoms with Crippen LogP contribution < -0.4 is 5.32 Å². The van der Waals surface area contributed by atoms with E-state index < -0.39 is 15.5 Å². The number of halogens is 1. The van der Waals surface area contributed by atoms with E-state index in [1.807, 2.05) is 19.1 Å². The Kier molecular flexibility index (Phi) is 5.49. The molecule has 0 fully saturated rings. The number of benzene rings is 1. The van der Waals surface area contributed by atoms with E-state index in [9.17, 15) is 12.8 Å². The van der Waals surface area contributed by atoms with Crippen LogP contribution in [0.1, 0.15) is 32.4 Å². The molecular formula is C17H21FN2O2S. The van der Waals surface area contributed by atoms with Crippen molar-refractivity contribution in [1.82, 2.24) is 10.3 Å². The van der Waals surface area contributed by atoms with Gasteiger partial charge in [0, 0.05) is 24.3 Å². The summed E-state index contributed by atoms with van der Waals surface area (Å²) in [7, 11) is -2.49. The first kappa shape index (κ1) is 17.6. The maximum absolute atomic E-state index is 12.9. The van der Waals surface area contributed by atoms with Crippen LogP contribution in [-0.2, 0) is 10.7 Å². The molecule has 0 amide bonds. The lowest BCUT2D eigenvalue weighted by Crippen LogP contribution is -2.37. The van der Waals surface area contributed by atoms with E-state index in [1.165, 1.54) is 12.1 Å². The highest BCUT2D eigenvalue weighted by molar-refractivity contribution is 7.74. The average molecular weight is 336 g/mol. The molecule has 1 heterocycles. The van der Waals surface area contributed by atoms with Crippen molar-refractivity contribution in [3.8, 4) is 11.3 Å². The molecule has 1 N–H and O–H groups in total. The number of aromatic nitrogens is 1. The molecule has 0 saturated heterocycles. The van der Waals surface area contributed by atoms with Gasteiger partial charge in [0.05, 0.1) is 10.4 Å². The fourth-order valence-electron chi connectivity index (χ4n) is 2.04. The minimum Gasteiger partial charge on any atom is -0.309 e. The maximum atomic E-state index is 12.9. The van der Waals surface area contributed by atoms with E-state index in [0.29, 0.717) is 6.54 Å². The van der Waals surface area contributed by atoms with Gasteiger partial charge in [0.1, 0.15) is 16.5 Å². The van der Waals surface area contributed by atoms with Gasteiger partial charge in [-0.05, 0) is 56.7 Å². The van der Waals surface area contributed by atoms with Crippen molar-refractivity contribution in [3.63, 3.8) is 0 Å². The summed E-state index contributed by atoms with van der Waals surface area (Å²) in [5.41, 5.74) is 2.58. The highest BCUT2D eigenvalue weighted by Crippen LogP contribution is 2.20. The summed E-state index contributed by atoms with van der Waals surface area (Å²) in [5, 5.41) is 3.21.